The number of anilines is 6. The normalized spacial score (nSPS) is 12.5. The van der Waals surface area contributed by atoms with E-state index in [9.17, 15) is 0 Å². The molecule has 0 radical (unpaired) electrons. The molecule has 1 atom stereocenters. The van der Waals surface area contributed by atoms with E-state index in [1.54, 1.807) is 0 Å². The van der Waals surface area contributed by atoms with E-state index in [2.05, 4.69) is 206 Å². The fourth-order valence-corrected chi connectivity index (χ4v) is 9.14. The second kappa shape index (κ2) is 15.5. The highest BCUT2D eigenvalue weighted by molar-refractivity contribution is 7.25. The number of unbranched alkanes of at least 4 members (excludes halogenated alkanes) is 2. The van der Waals surface area contributed by atoms with Gasteiger partial charge in [-0.2, -0.15) is 0 Å². The highest BCUT2D eigenvalue weighted by Crippen LogP contribution is 2.45. The molecular formula is C50H46N2S. The van der Waals surface area contributed by atoms with Gasteiger partial charge in [0.15, 0.2) is 0 Å². The van der Waals surface area contributed by atoms with Crippen LogP contribution in [0, 0.1) is 0 Å². The Morgan fingerprint density at radius 3 is 1.36 bits per heavy atom. The van der Waals surface area contributed by atoms with E-state index in [-0.39, 0.29) is 5.41 Å². The summed E-state index contributed by atoms with van der Waals surface area (Å²) in [6.45, 7) is 4.66. The van der Waals surface area contributed by atoms with E-state index in [1.807, 2.05) is 11.3 Å². The molecule has 53 heavy (non-hydrogen) atoms. The van der Waals surface area contributed by atoms with Gasteiger partial charge in [0.05, 0.1) is 0 Å². The number of thiophene rings is 1. The molecule has 0 bridgehead atoms. The number of nitrogens with zero attached hydrogens (tertiary/aromatic N) is 2. The summed E-state index contributed by atoms with van der Waals surface area (Å²) < 4.78 is 2.65. The Hall–Kier alpha value is -5.64. The first-order valence-corrected chi connectivity index (χ1v) is 19.9. The minimum atomic E-state index is -0.0946. The first-order valence-electron chi connectivity index (χ1n) is 19.1. The molecule has 0 amide bonds. The highest BCUT2D eigenvalue weighted by atomic mass is 32.1. The van der Waals surface area contributed by atoms with Gasteiger partial charge in [-0.05, 0) is 109 Å². The summed E-state index contributed by atoms with van der Waals surface area (Å²) in [5.74, 6) is 0. The molecule has 1 heterocycles. The molecule has 1 aromatic heterocycles. The lowest BCUT2D eigenvalue weighted by Gasteiger charge is -2.36. The van der Waals surface area contributed by atoms with Gasteiger partial charge in [0.2, 0.25) is 0 Å². The van der Waals surface area contributed by atoms with Crippen molar-refractivity contribution in [2.45, 2.75) is 51.4 Å². The van der Waals surface area contributed by atoms with Crippen LogP contribution in [-0.2, 0) is 5.41 Å². The molecule has 262 valence electrons. The first kappa shape index (κ1) is 34.4. The van der Waals surface area contributed by atoms with Gasteiger partial charge >= 0.3 is 0 Å². The number of para-hydroxylation sites is 3. The maximum absolute atomic E-state index is 2.40. The maximum atomic E-state index is 2.40. The third kappa shape index (κ3) is 6.86. The van der Waals surface area contributed by atoms with E-state index >= 15 is 0 Å². The molecule has 0 spiro atoms. The van der Waals surface area contributed by atoms with Gasteiger partial charge in [-0.3, -0.25) is 0 Å². The Balaban J connectivity index is 1.18. The van der Waals surface area contributed by atoms with Gasteiger partial charge < -0.3 is 9.80 Å². The van der Waals surface area contributed by atoms with Crippen molar-refractivity contribution in [2.24, 2.45) is 0 Å². The van der Waals surface area contributed by atoms with Gasteiger partial charge in [0.1, 0.15) is 0 Å². The number of hydrogen-bond acceptors (Lipinski definition) is 3. The van der Waals surface area contributed by atoms with Crippen molar-refractivity contribution in [3.8, 4) is 0 Å². The molecule has 1 unspecified atom stereocenters. The van der Waals surface area contributed by atoms with Crippen LogP contribution in [0.4, 0.5) is 34.1 Å². The third-order valence-corrected chi connectivity index (χ3v) is 12.0. The summed E-state index contributed by atoms with van der Waals surface area (Å²) in [6.07, 6.45) is 5.77. The van der Waals surface area contributed by atoms with Crippen LogP contribution in [0.5, 0.6) is 0 Å². The monoisotopic (exact) mass is 706 g/mol. The van der Waals surface area contributed by atoms with Crippen LogP contribution in [0.1, 0.15) is 57.1 Å². The zero-order chi connectivity index (χ0) is 36.0. The number of benzene rings is 7. The minimum absolute atomic E-state index is 0.0946. The fraction of sp³-hybridized carbons (Fsp3) is 0.160. The smallest absolute Gasteiger partial charge is 0.0468 e. The summed E-state index contributed by atoms with van der Waals surface area (Å²) in [7, 11) is 0. The largest absolute Gasteiger partial charge is 0.311 e. The highest BCUT2D eigenvalue weighted by Gasteiger charge is 2.32. The number of fused-ring (bicyclic) bond motifs is 3. The predicted molar refractivity (Wildman–Crippen MR) is 230 cm³/mol. The molecular weight excluding hydrogens is 661 g/mol. The minimum Gasteiger partial charge on any atom is -0.311 e. The number of rotatable bonds is 13. The molecule has 0 aliphatic heterocycles. The molecule has 0 aliphatic rings. The van der Waals surface area contributed by atoms with Gasteiger partial charge in [-0.1, -0.05) is 130 Å². The summed E-state index contributed by atoms with van der Waals surface area (Å²) in [5, 5.41) is 2.63. The summed E-state index contributed by atoms with van der Waals surface area (Å²) in [4.78, 5) is 4.74. The van der Waals surface area contributed by atoms with Crippen LogP contribution in [-0.4, -0.2) is 0 Å². The van der Waals surface area contributed by atoms with Gasteiger partial charge in [-0.25, -0.2) is 0 Å². The first-order chi connectivity index (χ1) is 26.2. The summed E-state index contributed by atoms with van der Waals surface area (Å²) in [5.41, 5.74) is 9.61. The lowest BCUT2D eigenvalue weighted by molar-refractivity contribution is 0.431. The lowest BCUT2D eigenvalue weighted by atomic mass is 9.69. The van der Waals surface area contributed by atoms with Gasteiger partial charge in [-0.15, -0.1) is 11.3 Å². The van der Waals surface area contributed by atoms with Crippen LogP contribution >= 0.6 is 11.3 Å². The second-order valence-corrected chi connectivity index (χ2v) is 15.0. The molecule has 0 N–H and O–H groups in total. The van der Waals surface area contributed by atoms with Crippen molar-refractivity contribution in [1.29, 1.82) is 0 Å². The predicted octanol–water partition coefficient (Wildman–Crippen LogP) is 15.3. The molecule has 0 aliphatic carbocycles. The van der Waals surface area contributed by atoms with Gasteiger partial charge in [0, 0.05) is 59.7 Å². The molecule has 0 saturated heterocycles. The van der Waals surface area contributed by atoms with Crippen LogP contribution in [0.15, 0.2) is 182 Å². The zero-order valence-electron chi connectivity index (χ0n) is 30.7. The average molecular weight is 707 g/mol. The molecule has 0 saturated carbocycles. The van der Waals surface area contributed by atoms with Crippen LogP contribution < -0.4 is 9.80 Å². The Labute approximate surface area is 318 Å². The van der Waals surface area contributed by atoms with Crippen LogP contribution in [0.3, 0.4) is 0 Å². The topological polar surface area (TPSA) is 6.48 Å². The van der Waals surface area contributed by atoms with E-state index in [1.165, 1.54) is 56.2 Å². The van der Waals surface area contributed by atoms with Crippen molar-refractivity contribution in [1.82, 2.24) is 0 Å². The van der Waals surface area contributed by atoms with Crippen molar-refractivity contribution >= 4 is 65.6 Å². The second-order valence-electron chi connectivity index (χ2n) is 13.9. The van der Waals surface area contributed by atoms with E-state index < -0.39 is 0 Å². The van der Waals surface area contributed by atoms with E-state index in [0.717, 1.165) is 41.3 Å². The van der Waals surface area contributed by atoms with E-state index in [4.69, 9.17) is 0 Å². The van der Waals surface area contributed by atoms with Gasteiger partial charge in [0.25, 0.3) is 0 Å². The van der Waals surface area contributed by atoms with Crippen molar-refractivity contribution < 1.29 is 0 Å². The fourth-order valence-electron chi connectivity index (χ4n) is 8.05. The third-order valence-electron chi connectivity index (χ3n) is 10.8. The Morgan fingerprint density at radius 2 is 0.849 bits per heavy atom. The molecule has 0 fully saturated rings. The number of hydrogen-bond donors (Lipinski definition) is 0. The molecule has 2 nitrogen and oxygen atoms in total. The molecule has 7 aromatic carbocycles. The van der Waals surface area contributed by atoms with Crippen molar-refractivity contribution in [2.75, 3.05) is 9.80 Å². The van der Waals surface area contributed by atoms with Crippen LogP contribution in [0.25, 0.3) is 20.2 Å². The van der Waals surface area contributed by atoms with Crippen molar-refractivity contribution in [3.05, 3.63) is 193 Å². The van der Waals surface area contributed by atoms with Crippen molar-refractivity contribution in [3.63, 3.8) is 0 Å². The zero-order valence-corrected chi connectivity index (χ0v) is 31.5. The molecule has 8 aromatic rings. The van der Waals surface area contributed by atoms with Crippen LogP contribution in [0.2, 0.25) is 0 Å². The maximum Gasteiger partial charge on any atom is 0.0468 e. The SMILES string of the molecule is CCCCCC(CC)(c1ccc(N(c2ccccc2)c2ccccc2)cc1)c1ccc(N(c2ccccc2)c2ccc3sc4ccccc4c3c2)cc1. The van der Waals surface area contributed by atoms with E-state index in [0.29, 0.717) is 0 Å². The standard InChI is InChI=1S/C50H46N2S/c1-3-5-17-36-50(4-2,38-26-30-43(31-27-38)51(40-18-9-6-10-19-40)41-20-11-7-12-21-41)39-28-32-44(33-29-39)52(42-22-13-8-14-23-42)45-34-35-49-47(37-45)46-24-15-16-25-48(46)53-49/h6-16,18-35,37H,3-5,17,36H2,1-2H3. The molecule has 3 heteroatoms. The summed E-state index contributed by atoms with van der Waals surface area (Å²) in [6, 6.07) is 66.6. The Morgan fingerprint density at radius 1 is 0.415 bits per heavy atom. The Kier molecular flexibility index (Phi) is 10.1. The lowest BCUT2D eigenvalue weighted by Crippen LogP contribution is -2.27. The molecule has 8 rings (SSSR count). The summed E-state index contributed by atoms with van der Waals surface area (Å²) >= 11 is 1.87. The Bertz CT molecular complexity index is 2340. The average Bonchev–Trinajstić information content (AvgIpc) is 3.60. The quantitative estimate of drug-likeness (QED) is 0.110.